The number of sulfonamides is 1. The Morgan fingerprint density at radius 1 is 1.12 bits per heavy atom. The molecule has 1 fully saturated rings. The van der Waals surface area contributed by atoms with E-state index in [0.717, 1.165) is 35.8 Å². The van der Waals surface area contributed by atoms with E-state index in [0.29, 0.717) is 24.4 Å². The van der Waals surface area contributed by atoms with Gasteiger partial charge in [0.25, 0.3) is 0 Å². The highest BCUT2D eigenvalue weighted by atomic mass is 35.5. The molecule has 3 rings (SSSR count). The van der Waals surface area contributed by atoms with Crippen LogP contribution in [0.2, 0.25) is 5.02 Å². The lowest BCUT2D eigenvalue weighted by atomic mass is 10.1. The van der Waals surface area contributed by atoms with Crippen molar-refractivity contribution in [3.63, 3.8) is 0 Å². The van der Waals surface area contributed by atoms with Crippen LogP contribution in [0, 0.1) is 0 Å². The number of methoxy groups -OCH3 is 1. The molecule has 0 saturated carbocycles. The fraction of sp³-hybridized carbons (Fsp3) is 0.480. The first-order valence-corrected chi connectivity index (χ1v) is 13.9. The van der Waals surface area contributed by atoms with Crippen molar-refractivity contribution in [3.8, 4) is 5.75 Å². The molecular weight excluding hydrogens is 474 g/mol. The van der Waals surface area contributed by atoms with Gasteiger partial charge < -0.3 is 10.1 Å². The van der Waals surface area contributed by atoms with Crippen LogP contribution in [0.4, 0.5) is 5.69 Å². The first kappa shape index (κ1) is 26.3. The van der Waals surface area contributed by atoms with Gasteiger partial charge in [0.05, 0.1) is 24.1 Å². The Hall–Kier alpha value is -2.29. The number of likely N-dealkylation sites (tertiary alicyclic amines) is 1. The van der Waals surface area contributed by atoms with Gasteiger partial charge in [0, 0.05) is 13.1 Å². The van der Waals surface area contributed by atoms with Gasteiger partial charge in [-0.05, 0) is 61.7 Å². The van der Waals surface area contributed by atoms with E-state index in [4.69, 9.17) is 16.3 Å². The Bertz CT molecular complexity index is 1070. The molecule has 1 aliphatic rings. The zero-order valence-electron chi connectivity index (χ0n) is 20.1. The molecule has 0 bridgehead atoms. The highest BCUT2D eigenvalue weighted by Gasteiger charge is 2.31. The van der Waals surface area contributed by atoms with Crippen LogP contribution in [-0.2, 0) is 27.9 Å². The van der Waals surface area contributed by atoms with Crippen molar-refractivity contribution >= 4 is 33.2 Å². The number of hydrogen-bond acceptors (Lipinski definition) is 5. The topological polar surface area (TPSA) is 79.0 Å². The minimum atomic E-state index is -3.75. The molecule has 0 unspecified atom stereocenters. The van der Waals surface area contributed by atoms with Crippen molar-refractivity contribution < 1.29 is 17.9 Å². The number of benzene rings is 2. The van der Waals surface area contributed by atoms with Crippen LogP contribution in [0.1, 0.15) is 43.7 Å². The SMILES string of the molecule is CC[C@@H](C(=O)NCc1ccc(CN2CCCCC2)cc1)N(c1ccc(OC)c(Cl)c1)S(C)(=O)=O. The molecule has 0 radical (unpaired) electrons. The van der Waals surface area contributed by atoms with Crippen molar-refractivity contribution in [1.29, 1.82) is 0 Å². The Kier molecular flexibility index (Phi) is 9.22. The zero-order valence-corrected chi connectivity index (χ0v) is 21.7. The average molecular weight is 508 g/mol. The van der Waals surface area contributed by atoms with E-state index >= 15 is 0 Å². The largest absolute Gasteiger partial charge is 0.495 e. The van der Waals surface area contributed by atoms with Crippen molar-refractivity contribution in [2.45, 2.75) is 51.7 Å². The number of carbonyl (C=O) groups excluding carboxylic acids is 1. The first-order valence-electron chi connectivity index (χ1n) is 11.6. The first-order chi connectivity index (χ1) is 16.2. The summed E-state index contributed by atoms with van der Waals surface area (Å²) in [5.41, 5.74) is 2.53. The average Bonchev–Trinajstić information content (AvgIpc) is 2.81. The smallest absolute Gasteiger partial charge is 0.244 e. The summed E-state index contributed by atoms with van der Waals surface area (Å²) < 4.78 is 31.6. The van der Waals surface area contributed by atoms with Gasteiger partial charge in [-0.15, -0.1) is 0 Å². The van der Waals surface area contributed by atoms with Gasteiger partial charge in [-0.3, -0.25) is 14.0 Å². The number of rotatable bonds is 10. The van der Waals surface area contributed by atoms with Gasteiger partial charge >= 0.3 is 0 Å². The summed E-state index contributed by atoms with van der Waals surface area (Å²) in [5.74, 6) is 0.0670. The van der Waals surface area contributed by atoms with Crippen LogP contribution >= 0.6 is 11.6 Å². The molecule has 2 aromatic rings. The highest BCUT2D eigenvalue weighted by molar-refractivity contribution is 7.92. The van der Waals surface area contributed by atoms with Crippen molar-refractivity contribution in [2.24, 2.45) is 0 Å². The molecule has 2 aromatic carbocycles. The summed E-state index contributed by atoms with van der Waals surface area (Å²) in [5, 5.41) is 3.17. The molecule has 0 aromatic heterocycles. The van der Waals surface area contributed by atoms with E-state index in [-0.39, 0.29) is 10.9 Å². The third-order valence-electron chi connectivity index (χ3n) is 6.06. The predicted molar refractivity (Wildman–Crippen MR) is 137 cm³/mol. The Morgan fingerprint density at radius 2 is 1.76 bits per heavy atom. The van der Waals surface area contributed by atoms with E-state index in [1.54, 1.807) is 19.1 Å². The van der Waals surface area contributed by atoms with Gasteiger partial charge in [0.2, 0.25) is 15.9 Å². The summed E-state index contributed by atoms with van der Waals surface area (Å²) in [6, 6.07) is 12.0. The summed E-state index contributed by atoms with van der Waals surface area (Å²) >= 11 is 6.22. The summed E-state index contributed by atoms with van der Waals surface area (Å²) in [6.45, 7) is 5.33. The Morgan fingerprint density at radius 3 is 2.32 bits per heavy atom. The minimum absolute atomic E-state index is 0.272. The number of piperidine rings is 1. The molecule has 1 atom stereocenters. The van der Waals surface area contributed by atoms with E-state index in [9.17, 15) is 13.2 Å². The molecule has 9 heteroatoms. The number of carbonyl (C=O) groups is 1. The molecular formula is C25H34ClN3O4S. The van der Waals surface area contributed by atoms with Gasteiger partial charge in [-0.1, -0.05) is 49.2 Å². The fourth-order valence-electron chi connectivity index (χ4n) is 4.30. The van der Waals surface area contributed by atoms with E-state index < -0.39 is 16.1 Å². The molecule has 34 heavy (non-hydrogen) atoms. The second-order valence-electron chi connectivity index (χ2n) is 8.67. The maximum atomic E-state index is 13.1. The van der Waals surface area contributed by atoms with Crippen molar-refractivity contribution in [2.75, 3.05) is 30.8 Å². The third kappa shape index (κ3) is 6.87. The number of nitrogens with zero attached hydrogens (tertiary/aromatic N) is 2. The third-order valence-corrected chi connectivity index (χ3v) is 7.54. The molecule has 1 aliphatic heterocycles. The molecule has 0 spiro atoms. The molecule has 1 heterocycles. The number of hydrogen-bond donors (Lipinski definition) is 1. The summed E-state index contributed by atoms with van der Waals surface area (Å²) in [7, 11) is -2.26. The van der Waals surface area contributed by atoms with Gasteiger partial charge in [0.15, 0.2) is 0 Å². The summed E-state index contributed by atoms with van der Waals surface area (Å²) in [4.78, 5) is 15.5. The number of halogens is 1. The maximum absolute atomic E-state index is 13.1. The van der Waals surface area contributed by atoms with Gasteiger partial charge in [0.1, 0.15) is 11.8 Å². The van der Waals surface area contributed by atoms with Crippen LogP contribution in [0.15, 0.2) is 42.5 Å². The lowest BCUT2D eigenvalue weighted by Gasteiger charge is -2.30. The molecule has 1 saturated heterocycles. The Balaban J connectivity index is 1.68. The monoisotopic (exact) mass is 507 g/mol. The van der Waals surface area contributed by atoms with Gasteiger partial charge in [-0.25, -0.2) is 8.42 Å². The number of ether oxygens (including phenoxy) is 1. The van der Waals surface area contributed by atoms with Gasteiger partial charge in [-0.2, -0.15) is 0 Å². The van der Waals surface area contributed by atoms with E-state index in [2.05, 4.69) is 22.3 Å². The molecule has 1 amide bonds. The number of amides is 1. The van der Waals surface area contributed by atoms with Crippen LogP contribution in [-0.4, -0.2) is 51.7 Å². The number of anilines is 1. The maximum Gasteiger partial charge on any atom is 0.244 e. The fourth-order valence-corrected chi connectivity index (χ4v) is 5.75. The van der Waals surface area contributed by atoms with Crippen molar-refractivity contribution in [3.05, 3.63) is 58.6 Å². The summed E-state index contributed by atoms with van der Waals surface area (Å²) in [6.07, 6.45) is 5.22. The van der Waals surface area contributed by atoms with Crippen LogP contribution < -0.4 is 14.4 Å². The quantitative estimate of drug-likeness (QED) is 0.521. The normalized spacial score (nSPS) is 15.5. The second-order valence-corrected chi connectivity index (χ2v) is 10.9. The number of nitrogens with one attached hydrogen (secondary N) is 1. The van der Waals surface area contributed by atoms with Crippen LogP contribution in [0.25, 0.3) is 0 Å². The van der Waals surface area contributed by atoms with Crippen molar-refractivity contribution in [1.82, 2.24) is 10.2 Å². The Labute approximate surface area is 208 Å². The van der Waals surface area contributed by atoms with Crippen LogP contribution in [0.3, 0.4) is 0 Å². The lowest BCUT2D eigenvalue weighted by molar-refractivity contribution is -0.122. The van der Waals surface area contributed by atoms with E-state index in [1.807, 2.05) is 12.1 Å². The second kappa shape index (κ2) is 11.9. The molecule has 0 aliphatic carbocycles. The minimum Gasteiger partial charge on any atom is -0.495 e. The molecule has 7 nitrogen and oxygen atoms in total. The van der Waals surface area contributed by atoms with Crippen LogP contribution in [0.5, 0.6) is 5.75 Å². The molecule has 1 N–H and O–H groups in total. The standard InChI is InChI=1S/C25H34ClN3O4S/c1-4-23(29(34(3,31)32)21-12-13-24(33-2)22(26)16-21)25(30)27-17-19-8-10-20(11-9-19)18-28-14-6-5-7-15-28/h8-13,16,23H,4-7,14-15,17-18H2,1-3H3,(H,27,30)/t23-/m0/s1. The highest BCUT2D eigenvalue weighted by Crippen LogP contribution is 2.31. The van der Waals surface area contributed by atoms with E-state index in [1.165, 1.54) is 38.0 Å². The molecule has 186 valence electrons. The zero-order chi connectivity index (χ0) is 24.7. The lowest BCUT2D eigenvalue weighted by Crippen LogP contribution is -2.49. The predicted octanol–water partition coefficient (Wildman–Crippen LogP) is 4.20.